The summed E-state index contributed by atoms with van der Waals surface area (Å²) in [5.41, 5.74) is 4.04. The SMILES string of the molecule is COc1cc2c(cc1OC)CN(C(=O)[C@@H]1[C@H]3C(=O)O[C@H](c4ccccc4)[C@H](c4ccccc4)N3[C@H](c3ccc(O)cc3)[C@@]13C(=O)Nc1ccc(C#CCCO)cc13)CC2. The van der Waals surface area contributed by atoms with Crippen molar-refractivity contribution in [1.82, 2.24) is 9.80 Å². The van der Waals surface area contributed by atoms with Gasteiger partial charge in [-0.3, -0.25) is 19.3 Å². The summed E-state index contributed by atoms with van der Waals surface area (Å²) >= 11 is 0. The molecule has 0 unspecified atom stereocenters. The van der Waals surface area contributed by atoms with E-state index >= 15 is 14.4 Å². The van der Waals surface area contributed by atoms with Crippen LogP contribution in [-0.4, -0.2) is 71.2 Å². The van der Waals surface area contributed by atoms with Crippen LogP contribution in [0.1, 0.15) is 63.6 Å². The molecule has 2 fully saturated rings. The van der Waals surface area contributed by atoms with Gasteiger partial charge in [0, 0.05) is 30.8 Å². The smallest absolute Gasteiger partial charge is 0.324 e. The molecule has 0 saturated carbocycles. The summed E-state index contributed by atoms with van der Waals surface area (Å²) in [7, 11) is 3.15. The van der Waals surface area contributed by atoms with Crippen LogP contribution in [0.4, 0.5) is 5.69 Å². The Morgan fingerprint density at radius 1 is 0.847 bits per heavy atom. The Kier molecular flexibility index (Phi) is 9.83. The zero-order chi connectivity index (χ0) is 40.8. The molecule has 5 aromatic carbocycles. The zero-order valence-electron chi connectivity index (χ0n) is 32.6. The van der Waals surface area contributed by atoms with Crippen molar-refractivity contribution in [2.45, 2.75) is 49.0 Å². The van der Waals surface area contributed by atoms with E-state index in [1.54, 1.807) is 55.5 Å². The average Bonchev–Trinajstić information content (AvgIpc) is 3.74. The summed E-state index contributed by atoms with van der Waals surface area (Å²) in [6.45, 7) is 0.430. The minimum absolute atomic E-state index is 0.0292. The van der Waals surface area contributed by atoms with E-state index in [0.717, 1.165) is 22.3 Å². The van der Waals surface area contributed by atoms with Crippen molar-refractivity contribution < 1.29 is 38.8 Å². The summed E-state index contributed by atoms with van der Waals surface area (Å²) in [6.07, 6.45) is -0.0421. The fourth-order valence-corrected chi connectivity index (χ4v) is 9.80. The van der Waals surface area contributed by atoms with E-state index in [1.807, 2.05) is 83.8 Å². The fourth-order valence-electron chi connectivity index (χ4n) is 9.80. The van der Waals surface area contributed by atoms with Gasteiger partial charge < -0.3 is 34.6 Å². The molecule has 3 N–H and O–H groups in total. The molecule has 0 radical (unpaired) electrons. The quantitative estimate of drug-likeness (QED) is 0.134. The summed E-state index contributed by atoms with van der Waals surface area (Å²) in [5.74, 6) is 4.57. The van der Waals surface area contributed by atoms with Crippen LogP contribution in [0.5, 0.6) is 17.2 Å². The van der Waals surface area contributed by atoms with Crippen molar-refractivity contribution in [2.75, 3.05) is 32.7 Å². The third-order valence-electron chi connectivity index (χ3n) is 12.3. The largest absolute Gasteiger partial charge is 0.508 e. The molecule has 5 aromatic rings. The average molecular weight is 790 g/mol. The molecular formula is C48H43N3O8. The van der Waals surface area contributed by atoms with Crippen LogP contribution in [0, 0.1) is 17.8 Å². The summed E-state index contributed by atoms with van der Waals surface area (Å²) < 4.78 is 17.8. The minimum Gasteiger partial charge on any atom is -0.508 e. The molecule has 0 aliphatic carbocycles. The molecule has 59 heavy (non-hydrogen) atoms. The van der Waals surface area contributed by atoms with E-state index in [0.29, 0.717) is 46.8 Å². The van der Waals surface area contributed by atoms with Gasteiger partial charge in [0.25, 0.3) is 0 Å². The van der Waals surface area contributed by atoms with Crippen LogP contribution < -0.4 is 14.8 Å². The highest BCUT2D eigenvalue weighted by Crippen LogP contribution is 2.65. The van der Waals surface area contributed by atoms with E-state index in [-0.39, 0.29) is 31.2 Å². The highest BCUT2D eigenvalue weighted by Gasteiger charge is 2.74. The molecule has 4 aliphatic heterocycles. The molecule has 9 rings (SSSR count). The zero-order valence-corrected chi connectivity index (χ0v) is 32.6. The predicted octanol–water partition coefficient (Wildman–Crippen LogP) is 6.00. The van der Waals surface area contributed by atoms with Gasteiger partial charge in [0.15, 0.2) is 11.5 Å². The summed E-state index contributed by atoms with van der Waals surface area (Å²) in [5, 5.41) is 23.2. The Balaban J connectivity index is 1.30. The van der Waals surface area contributed by atoms with Crippen LogP contribution in [0.2, 0.25) is 0 Å². The van der Waals surface area contributed by atoms with Gasteiger partial charge in [-0.05, 0) is 82.3 Å². The number of aromatic hydroxyl groups is 1. The Bertz CT molecular complexity index is 2500. The van der Waals surface area contributed by atoms with Gasteiger partial charge in [0.05, 0.1) is 38.8 Å². The summed E-state index contributed by atoms with van der Waals surface area (Å²) in [4.78, 5) is 50.3. The molecule has 2 saturated heterocycles. The number of methoxy groups -OCH3 is 2. The first kappa shape index (κ1) is 37.9. The van der Waals surface area contributed by atoms with Gasteiger partial charge in [0.2, 0.25) is 11.8 Å². The van der Waals surface area contributed by atoms with Gasteiger partial charge >= 0.3 is 5.97 Å². The van der Waals surface area contributed by atoms with Crippen LogP contribution in [0.15, 0.2) is 115 Å². The number of fused-ring (bicyclic) bond motifs is 4. The number of cyclic esters (lactones) is 1. The second-order valence-electron chi connectivity index (χ2n) is 15.3. The maximum Gasteiger partial charge on any atom is 0.324 e. The molecule has 298 valence electrons. The third-order valence-corrected chi connectivity index (χ3v) is 12.3. The Morgan fingerprint density at radius 2 is 1.53 bits per heavy atom. The number of phenols is 1. The number of rotatable bonds is 7. The fraction of sp³-hybridized carbons (Fsp3) is 0.271. The molecule has 1 spiro atoms. The first-order valence-corrected chi connectivity index (χ1v) is 19.7. The van der Waals surface area contributed by atoms with Crippen molar-refractivity contribution in [1.29, 1.82) is 0 Å². The minimum atomic E-state index is -1.70. The Labute approximate surface area is 342 Å². The topological polar surface area (TPSA) is 138 Å². The second kappa shape index (κ2) is 15.3. The van der Waals surface area contributed by atoms with Gasteiger partial charge in [-0.1, -0.05) is 84.6 Å². The number of aliphatic hydroxyl groups excluding tert-OH is 1. The van der Waals surface area contributed by atoms with E-state index in [1.165, 1.54) is 0 Å². The highest BCUT2D eigenvalue weighted by atomic mass is 16.6. The number of amides is 2. The lowest BCUT2D eigenvalue weighted by Crippen LogP contribution is -2.56. The predicted molar refractivity (Wildman–Crippen MR) is 218 cm³/mol. The van der Waals surface area contributed by atoms with E-state index in [2.05, 4.69) is 17.2 Å². The first-order chi connectivity index (χ1) is 28.8. The Hall–Kier alpha value is -6.61. The van der Waals surface area contributed by atoms with Crippen molar-refractivity contribution in [3.63, 3.8) is 0 Å². The number of benzene rings is 5. The summed E-state index contributed by atoms with van der Waals surface area (Å²) in [6, 6.07) is 32.3. The maximum absolute atomic E-state index is 15.9. The number of hydrogen-bond acceptors (Lipinski definition) is 9. The molecule has 6 atom stereocenters. The molecular weight excluding hydrogens is 747 g/mol. The number of carbonyl (C=O) groups is 3. The number of esters is 1. The molecule has 11 nitrogen and oxygen atoms in total. The number of morpholine rings is 1. The van der Waals surface area contributed by atoms with Gasteiger partial charge in [-0.15, -0.1) is 0 Å². The van der Waals surface area contributed by atoms with Crippen LogP contribution in [0.25, 0.3) is 0 Å². The van der Waals surface area contributed by atoms with Crippen LogP contribution in [0.3, 0.4) is 0 Å². The monoisotopic (exact) mass is 789 g/mol. The number of hydrogen-bond donors (Lipinski definition) is 3. The second-order valence-corrected chi connectivity index (χ2v) is 15.3. The molecule has 11 heteroatoms. The third kappa shape index (κ3) is 6.18. The number of carbonyl (C=O) groups excluding carboxylic acids is 3. The molecule has 4 aliphatic rings. The van der Waals surface area contributed by atoms with Crippen LogP contribution in [-0.2, 0) is 37.5 Å². The first-order valence-electron chi connectivity index (χ1n) is 19.7. The molecule has 2 amide bonds. The number of anilines is 1. The number of phenolic OH excluding ortho intramolecular Hbond substituents is 1. The van der Waals surface area contributed by atoms with Crippen molar-refractivity contribution in [3.05, 3.63) is 154 Å². The lowest BCUT2D eigenvalue weighted by Gasteiger charge is -2.46. The lowest BCUT2D eigenvalue weighted by atomic mass is 9.65. The molecule has 4 heterocycles. The normalized spacial score (nSPS) is 24.3. The van der Waals surface area contributed by atoms with E-state index < -0.39 is 47.4 Å². The van der Waals surface area contributed by atoms with E-state index in [9.17, 15) is 10.2 Å². The van der Waals surface area contributed by atoms with Crippen molar-refractivity contribution >= 4 is 23.5 Å². The standard InChI is InChI=1S/C48H43N3O8/c1-57-38-26-33-22-23-50(28-34(33)27-39(38)58-2)45(54)40-42-46(55)59-43(31-14-7-4-8-15-31)41(30-12-5-3-6-13-30)51(42)44(32-17-19-35(53)20-18-32)48(40)36-25-29(11-9-10-24-52)16-21-37(36)49-47(48)56/h3-8,12-21,25-27,40-44,52-53H,10,22-24,28H2,1-2H3,(H,49,56)/t40-,41-,42-,43+,44+,48-/m0/s1. The number of nitrogens with zero attached hydrogens (tertiary/aromatic N) is 2. The van der Waals surface area contributed by atoms with Gasteiger partial charge in [0.1, 0.15) is 23.3 Å². The van der Waals surface area contributed by atoms with Gasteiger partial charge in [-0.25, -0.2) is 0 Å². The van der Waals surface area contributed by atoms with Crippen LogP contribution >= 0.6 is 0 Å². The number of ether oxygens (including phenoxy) is 3. The highest BCUT2D eigenvalue weighted by molar-refractivity contribution is 6.12. The number of nitrogens with one attached hydrogen (secondary N) is 1. The van der Waals surface area contributed by atoms with E-state index in [4.69, 9.17) is 14.2 Å². The lowest BCUT2D eigenvalue weighted by molar-refractivity contribution is -0.179. The molecule has 0 bridgehead atoms. The van der Waals surface area contributed by atoms with Crippen molar-refractivity contribution in [3.8, 4) is 29.1 Å². The van der Waals surface area contributed by atoms with Gasteiger partial charge in [-0.2, -0.15) is 0 Å². The number of aliphatic hydroxyl groups is 1. The van der Waals surface area contributed by atoms with Crippen molar-refractivity contribution in [2.24, 2.45) is 5.92 Å². The molecule has 0 aromatic heterocycles. The maximum atomic E-state index is 15.9. The Morgan fingerprint density at radius 3 is 2.20 bits per heavy atom.